The molecule has 1 atom stereocenters. The van der Waals surface area contributed by atoms with E-state index in [1.807, 2.05) is 12.1 Å². The molecule has 1 aromatic carbocycles. The lowest BCUT2D eigenvalue weighted by Crippen LogP contribution is -2.44. The highest BCUT2D eigenvalue weighted by molar-refractivity contribution is 5.18. The molecule has 1 aliphatic heterocycles. The van der Waals surface area contributed by atoms with Crippen molar-refractivity contribution in [1.82, 2.24) is 5.32 Å². The summed E-state index contributed by atoms with van der Waals surface area (Å²) in [7, 11) is 0. The van der Waals surface area contributed by atoms with Crippen LogP contribution in [0.25, 0.3) is 0 Å². The number of nitrogens with one attached hydrogen (secondary N) is 1. The second kappa shape index (κ2) is 8.18. The number of benzene rings is 1. The number of hydrogen-bond acceptors (Lipinski definition) is 2. The summed E-state index contributed by atoms with van der Waals surface area (Å²) in [6.07, 6.45) is 11.2. The first-order valence-corrected chi connectivity index (χ1v) is 10.1. The summed E-state index contributed by atoms with van der Waals surface area (Å²) in [5.41, 5.74) is 1.69. The van der Waals surface area contributed by atoms with Crippen LogP contribution in [0, 0.1) is 11.2 Å². The molecule has 2 nitrogen and oxygen atoms in total. The van der Waals surface area contributed by atoms with Crippen molar-refractivity contribution in [1.29, 1.82) is 0 Å². The minimum atomic E-state index is -0.134. The molecule has 2 fully saturated rings. The van der Waals surface area contributed by atoms with Gasteiger partial charge in [0.2, 0.25) is 0 Å². The maximum atomic E-state index is 13.2. The Morgan fingerprint density at radius 1 is 1.12 bits per heavy atom. The minimum absolute atomic E-state index is 0.00650. The molecule has 1 N–H and O–H groups in total. The fourth-order valence-corrected chi connectivity index (χ4v) is 4.80. The van der Waals surface area contributed by atoms with Crippen molar-refractivity contribution in [3.63, 3.8) is 0 Å². The molecular formula is C22H34FNO. The molecule has 3 heteroatoms. The molecule has 1 aliphatic carbocycles. The lowest BCUT2D eigenvalue weighted by molar-refractivity contribution is -0.0631. The Hall–Kier alpha value is -0.930. The van der Waals surface area contributed by atoms with Gasteiger partial charge in [0.1, 0.15) is 5.82 Å². The maximum absolute atomic E-state index is 13.2. The summed E-state index contributed by atoms with van der Waals surface area (Å²) in [4.78, 5) is 0. The lowest BCUT2D eigenvalue weighted by atomic mass is 9.68. The van der Waals surface area contributed by atoms with Gasteiger partial charge >= 0.3 is 0 Å². The first-order chi connectivity index (χ1) is 12.0. The summed E-state index contributed by atoms with van der Waals surface area (Å²) >= 11 is 0. The number of hydrogen-bond donors (Lipinski definition) is 1. The molecule has 140 valence electrons. The Bertz CT molecular complexity index is 533. The van der Waals surface area contributed by atoms with Gasteiger partial charge in [-0.25, -0.2) is 4.39 Å². The van der Waals surface area contributed by atoms with Crippen LogP contribution in [-0.4, -0.2) is 24.8 Å². The Kier molecular flexibility index (Phi) is 6.17. The Balaban J connectivity index is 1.56. The van der Waals surface area contributed by atoms with Gasteiger partial charge in [-0.1, -0.05) is 31.4 Å². The molecule has 1 heterocycles. The highest BCUT2D eigenvalue weighted by Gasteiger charge is 2.33. The zero-order chi connectivity index (χ0) is 17.8. The monoisotopic (exact) mass is 347 g/mol. The molecule has 0 unspecified atom stereocenters. The standard InChI is InChI=1S/C22H34FNO/c1-21(2)17-20(10-15-25-21)24-14-13-22(11-4-3-5-12-22)16-18-6-8-19(23)9-7-18/h6-9,20,24H,3-5,10-17H2,1-2H3/t20-/m0/s1. The molecule has 0 aromatic heterocycles. The summed E-state index contributed by atoms with van der Waals surface area (Å²) < 4.78 is 19.0. The molecule has 1 saturated heterocycles. The van der Waals surface area contributed by atoms with Crippen LogP contribution in [0.5, 0.6) is 0 Å². The van der Waals surface area contributed by atoms with Gasteiger partial charge in [-0.3, -0.25) is 0 Å². The van der Waals surface area contributed by atoms with Crippen LogP contribution in [-0.2, 0) is 11.2 Å². The van der Waals surface area contributed by atoms with Crippen LogP contribution in [0.1, 0.15) is 70.8 Å². The van der Waals surface area contributed by atoms with Crippen LogP contribution >= 0.6 is 0 Å². The molecule has 0 radical (unpaired) electrons. The van der Waals surface area contributed by atoms with Crippen LogP contribution in [0.15, 0.2) is 24.3 Å². The highest BCUT2D eigenvalue weighted by atomic mass is 19.1. The average molecular weight is 348 g/mol. The van der Waals surface area contributed by atoms with E-state index in [0.717, 1.165) is 32.4 Å². The van der Waals surface area contributed by atoms with Crippen molar-refractivity contribution in [2.45, 2.75) is 83.3 Å². The molecule has 0 amide bonds. The third-order valence-electron chi connectivity index (χ3n) is 6.19. The third-order valence-corrected chi connectivity index (χ3v) is 6.19. The first kappa shape index (κ1) is 18.8. The van der Waals surface area contributed by atoms with E-state index < -0.39 is 0 Å². The first-order valence-electron chi connectivity index (χ1n) is 10.1. The normalized spacial score (nSPS) is 25.6. The smallest absolute Gasteiger partial charge is 0.123 e. The van der Waals surface area contributed by atoms with Crippen LogP contribution in [0.2, 0.25) is 0 Å². The molecule has 0 bridgehead atoms. The van der Waals surface area contributed by atoms with E-state index in [1.54, 1.807) is 12.1 Å². The highest BCUT2D eigenvalue weighted by Crippen LogP contribution is 2.42. The van der Waals surface area contributed by atoms with E-state index in [9.17, 15) is 4.39 Å². The molecule has 1 aromatic rings. The molecule has 3 rings (SSSR count). The lowest BCUT2D eigenvalue weighted by Gasteiger charge is -2.40. The second-order valence-corrected chi connectivity index (χ2v) is 8.87. The van der Waals surface area contributed by atoms with E-state index in [-0.39, 0.29) is 11.4 Å². The second-order valence-electron chi connectivity index (χ2n) is 8.87. The quantitative estimate of drug-likeness (QED) is 0.758. The predicted octanol–water partition coefficient (Wildman–Crippen LogP) is 5.26. The molecule has 25 heavy (non-hydrogen) atoms. The number of ether oxygens (including phenoxy) is 1. The van der Waals surface area contributed by atoms with Gasteiger partial charge in [0.05, 0.1) is 5.60 Å². The largest absolute Gasteiger partial charge is 0.375 e. The fourth-order valence-electron chi connectivity index (χ4n) is 4.80. The van der Waals surface area contributed by atoms with Crippen molar-refractivity contribution in [2.24, 2.45) is 5.41 Å². The zero-order valence-electron chi connectivity index (χ0n) is 16.0. The topological polar surface area (TPSA) is 21.3 Å². The predicted molar refractivity (Wildman–Crippen MR) is 101 cm³/mol. The van der Waals surface area contributed by atoms with Gasteiger partial charge < -0.3 is 10.1 Å². The van der Waals surface area contributed by atoms with Gasteiger partial charge in [-0.15, -0.1) is 0 Å². The Morgan fingerprint density at radius 2 is 1.84 bits per heavy atom. The summed E-state index contributed by atoms with van der Waals surface area (Å²) in [5.74, 6) is -0.134. The van der Waals surface area contributed by atoms with E-state index in [0.29, 0.717) is 11.5 Å². The summed E-state index contributed by atoms with van der Waals surface area (Å²) in [6, 6.07) is 7.73. The fraction of sp³-hybridized carbons (Fsp3) is 0.727. The van der Waals surface area contributed by atoms with E-state index in [1.165, 1.54) is 44.1 Å². The van der Waals surface area contributed by atoms with Gasteiger partial charge in [0.25, 0.3) is 0 Å². The zero-order valence-corrected chi connectivity index (χ0v) is 16.0. The van der Waals surface area contributed by atoms with Crippen LogP contribution < -0.4 is 5.32 Å². The minimum Gasteiger partial charge on any atom is -0.375 e. The third kappa shape index (κ3) is 5.52. The van der Waals surface area contributed by atoms with E-state index in [2.05, 4.69) is 19.2 Å². The Labute approximate surface area is 152 Å². The van der Waals surface area contributed by atoms with Crippen molar-refractivity contribution in [3.05, 3.63) is 35.6 Å². The maximum Gasteiger partial charge on any atom is 0.123 e. The van der Waals surface area contributed by atoms with Gasteiger partial charge in [-0.2, -0.15) is 0 Å². The van der Waals surface area contributed by atoms with Crippen LogP contribution in [0.4, 0.5) is 4.39 Å². The van der Waals surface area contributed by atoms with Crippen molar-refractivity contribution in [3.8, 4) is 0 Å². The van der Waals surface area contributed by atoms with Crippen molar-refractivity contribution >= 4 is 0 Å². The van der Waals surface area contributed by atoms with Gasteiger partial charge in [-0.05, 0) is 82.0 Å². The molecule has 1 saturated carbocycles. The molecule has 0 spiro atoms. The summed E-state index contributed by atoms with van der Waals surface area (Å²) in [6.45, 7) is 6.34. The van der Waals surface area contributed by atoms with Crippen LogP contribution in [0.3, 0.4) is 0 Å². The summed E-state index contributed by atoms with van der Waals surface area (Å²) in [5, 5.41) is 3.80. The van der Waals surface area contributed by atoms with Crippen molar-refractivity contribution < 1.29 is 9.13 Å². The van der Waals surface area contributed by atoms with Gasteiger partial charge in [0, 0.05) is 12.6 Å². The van der Waals surface area contributed by atoms with E-state index in [4.69, 9.17) is 4.74 Å². The molecular weight excluding hydrogens is 313 g/mol. The molecule has 2 aliphatic rings. The number of rotatable bonds is 6. The van der Waals surface area contributed by atoms with Crippen molar-refractivity contribution in [2.75, 3.05) is 13.2 Å². The number of halogens is 1. The van der Waals surface area contributed by atoms with Gasteiger partial charge in [0.15, 0.2) is 0 Å². The average Bonchev–Trinajstić information content (AvgIpc) is 2.57. The van der Waals surface area contributed by atoms with E-state index >= 15 is 0 Å². The Morgan fingerprint density at radius 3 is 2.52 bits per heavy atom. The SMILES string of the molecule is CC1(C)C[C@@H](NCCC2(Cc3ccc(F)cc3)CCCCC2)CCO1.